The fraction of sp³-hybridized carbons (Fsp3) is 0.444. The standard InChI is InChI=1S/C36H40N4O7S/c1-46-24-12-15-27-31(19-24)38-30(22-9-5-4-6-10-22)20-32(27)47-25-17-28-29(18-25)34(42)39-36(35(43)40-48(44,45)26-13-14-26)21-23(36)11-7-2-3-8-16-37-33(28)41/h4-7,9-12,15,19-20,23,25-26,28-29H,2-3,8,13-14,16-18,21H2,1H3,(H,37,41)(H,39,42)(H,40,43)/b11-7+/t23-,25+,28-,29-,36-/m1/s1. The Balaban J connectivity index is 1.18. The Bertz CT molecular complexity index is 1880. The predicted octanol–water partition coefficient (Wildman–Crippen LogP) is 4.02. The minimum absolute atomic E-state index is 0.231. The first-order valence-corrected chi connectivity index (χ1v) is 18.2. The Morgan fingerprint density at radius 1 is 1.00 bits per heavy atom. The van der Waals surface area contributed by atoms with Crippen LogP contribution < -0.4 is 24.8 Å². The van der Waals surface area contributed by atoms with Crippen LogP contribution in [0.2, 0.25) is 0 Å². The number of carbonyl (C=O) groups is 3. The van der Waals surface area contributed by atoms with Gasteiger partial charge in [0.15, 0.2) is 0 Å². The van der Waals surface area contributed by atoms with Gasteiger partial charge in [-0.15, -0.1) is 0 Å². The average molecular weight is 673 g/mol. The lowest BCUT2D eigenvalue weighted by molar-refractivity contribution is -0.136. The van der Waals surface area contributed by atoms with Gasteiger partial charge in [0.25, 0.3) is 5.91 Å². The fourth-order valence-electron chi connectivity index (χ4n) is 6.97. The van der Waals surface area contributed by atoms with Gasteiger partial charge in [-0.1, -0.05) is 42.5 Å². The second kappa shape index (κ2) is 12.9. The molecule has 7 rings (SSSR count). The van der Waals surface area contributed by atoms with Gasteiger partial charge in [0, 0.05) is 35.5 Å². The Hall–Kier alpha value is -4.45. The molecular formula is C36H40N4O7S. The molecule has 2 heterocycles. The lowest BCUT2D eigenvalue weighted by atomic mass is 9.93. The molecule has 5 atom stereocenters. The van der Waals surface area contributed by atoms with Gasteiger partial charge in [-0.25, -0.2) is 13.4 Å². The van der Waals surface area contributed by atoms with Gasteiger partial charge in [-0.05, 0) is 63.5 Å². The van der Waals surface area contributed by atoms with Crippen LogP contribution in [0.5, 0.6) is 11.5 Å². The first-order valence-electron chi connectivity index (χ1n) is 16.7. The molecule has 3 aliphatic carbocycles. The highest BCUT2D eigenvalue weighted by Crippen LogP contribution is 2.47. The van der Waals surface area contributed by atoms with Crippen LogP contribution in [0.4, 0.5) is 0 Å². The zero-order valence-electron chi connectivity index (χ0n) is 26.8. The van der Waals surface area contributed by atoms with Crippen LogP contribution in [0.3, 0.4) is 0 Å². The molecule has 1 aliphatic heterocycles. The Kier molecular flexibility index (Phi) is 8.61. The van der Waals surface area contributed by atoms with Crippen molar-refractivity contribution in [2.24, 2.45) is 17.8 Å². The fourth-order valence-corrected chi connectivity index (χ4v) is 8.33. The highest BCUT2D eigenvalue weighted by Gasteiger charge is 2.62. The summed E-state index contributed by atoms with van der Waals surface area (Å²) in [6, 6.07) is 17.2. The third-order valence-corrected chi connectivity index (χ3v) is 11.8. The third kappa shape index (κ3) is 6.50. The van der Waals surface area contributed by atoms with Crippen LogP contribution in [0, 0.1) is 17.8 Å². The monoisotopic (exact) mass is 672 g/mol. The molecule has 0 bridgehead atoms. The van der Waals surface area contributed by atoms with Gasteiger partial charge >= 0.3 is 0 Å². The maximum Gasteiger partial charge on any atom is 0.259 e. The second-order valence-electron chi connectivity index (χ2n) is 13.3. The summed E-state index contributed by atoms with van der Waals surface area (Å²) in [5, 5.41) is 6.13. The van der Waals surface area contributed by atoms with Crippen molar-refractivity contribution in [2.75, 3.05) is 13.7 Å². The first kappa shape index (κ1) is 32.1. The SMILES string of the molecule is COc1ccc2c(O[C@H]3C[C@H]4C(=O)NCCCC/C=C/[C@@H]5C[C@@]5(C(=O)NS(=O)(=O)C5CC5)NC(=O)[C@@H]4C3)cc(-c3ccccc3)nc2c1. The van der Waals surface area contributed by atoms with Crippen LogP contribution in [0.15, 0.2) is 66.7 Å². The van der Waals surface area contributed by atoms with E-state index in [9.17, 15) is 22.8 Å². The Morgan fingerprint density at radius 2 is 1.77 bits per heavy atom. The lowest BCUT2D eigenvalue weighted by Crippen LogP contribution is -2.54. The van der Waals surface area contributed by atoms with Crippen molar-refractivity contribution in [3.63, 3.8) is 0 Å². The molecule has 2 aromatic carbocycles. The van der Waals surface area contributed by atoms with E-state index in [1.54, 1.807) is 7.11 Å². The molecule has 3 saturated carbocycles. The van der Waals surface area contributed by atoms with Crippen molar-refractivity contribution >= 4 is 38.6 Å². The number of carbonyl (C=O) groups excluding carboxylic acids is 3. The van der Waals surface area contributed by atoms with Crippen molar-refractivity contribution in [1.82, 2.24) is 20.3 Å². The molecular weight excluding hydrogens is 632 g/mol. The number of allylic oxidation sites excluding steroid dienone is 1. The molecule has 0 unspecified atom stereocenters. The molecule has 0 radical (unpaired) electrons. The van der Waals surface area contributed by atoms with E-state index in [1.807, 2.05) is 66.7 Å². The van der Waals surface area contributed by atoms with Crippen molar-refractivity contribution in [3.8, 4) is 22.8 Å². The van der Waals surface area contributed by atoms with Gasteiger partial charge in [0.05, 0.1) is 35.4 Å². The molecule has 48 heavy (non-hydrogen) atoms. The van der Waals surface area contributed by atoms with Crippen LogP contribution >= 0.6 is 0 Å². The number of pyridine rings is 1. The van der Waals surface area contributed by atoms with Crippen LogP contribution in [-0.2, 0) is 24.4 Å². The van der Waals surface area contributed by atoms with E-state index < -0.39 is 50.6 Å². The molecule has 3 N–H and O–H groups in total. The van der Waals surface area contributed by atoms with E-state index in [1.165, 1.54) is 0 Å². The number of hydrogen-bond acceptors (Lipinski definition) is 8. The van der Waals surface area contributed by atoms with Crippen LogP contribution in [0.1, 0.15) is 51.4 Å². The number of rotatable bonds is 7. The number of nitrogens with one attached hydrogen (secondary N) is 3. The normalized spacial score (nSPS) is 28.2. The molecule has 0 saturated heterocycles. The number of ether oxygens (including phenoxy) is 2. The number of hydrogen-bond donors (Lipinski definition) is 3. The Labute approximate surface area is 279 Å². The maximum atomic E-state index is 14.1. The van der Waals surface area contributed by atoms with E-state index in [0.29, 0.717) is 54.9 Å². The van der Waals surface area contributed by atoms with E-state index in [0.717, 1.165) is 30.2 Å². The van der Waals surface area contributed by atoms with Gasteiger partial charge in [-0.2, -0.15) is 0 Å². The van der Waals surface area contributed by atoms with Crippen molar-refractivity contribution in [2.45, 2.75) is 68.3 Å². The summed E-state index contributed by atoms with van der Waals surface area (Å²) < 4.78 is 39.7. The largest absolute Gasteiger partial charge is 0.497 e. The minimum Gasteiger partial charge on any atom is -0.497 e. The zero-order chi connectivity index (χ0) is 33.5. The average Bonchev–Trinajstić information content (AvgIpc) is 4.01. The van der Waals surface area contributed by atoms with Gasteiger partial charge in [0.1, 0.15) is 23.1 Å². The number of amides is 3. The highest BCUT2D eigenvalue weighted by atomic mass is 32.2. The number of nitrogens with zero attached hydrogens (tertiary/aromatic N) is 1. The smallest absolute Gasteiger partial charge is 0.259 e. The molecule has 12 heteroatoms. The topological polar surface area (TPSA) is 153 Å². The minimum atomic E-state index is -3.81. The summed E-state index contributed by atoms with van der Waals surface area (Å²) in [7, 11) is -2.22. The van der Waals surface area contributed by atoms with Crippen LogP contribution in [0.25, 0.3) is 22.2 Å². The van der Waals surface area contributed by atoms with Crippen molar-refractivity contribution in [3.05, 3.63) is 66.7 Å². The number of fused-ring (bicyclic) bond motifs is 3. The third-order valence-electron chi connectivity index (χ3n) is 9.96. The molecule has 3 aromatic rings. The Morgan fingerprint density at radius 3 is 2.52 bits per heavy atom. The summed E-state index contributed by atoms with van der Waals surface area (Å²) in [6.07, 6.45) is 7.59. The lowest BCUT2D eigenvalue weighted by Gasteiger charge is -2.23. The van der Waals surface area contributed by atoms with Crippen molar-refractivity contribution in [1.29, 1.82) is 0 Å². The van der Waals surface area contributed by atoms with E-state index in [2.05, 4.69) is 15.4 Å². The van der Waals surface area contributed by atoms with Gasteiger partial charge < -0.3 is 20.1 Å². The summed E-state index contributed by atoms with van der Waals surface area (Å²) >= 11 is 0. The summed E-state index contributed by atoms with van der Waals surface area (Å²) in [6.45, 7) is 0.495. The molecule has 4 aliphatic rings. The van der Waals surface area contributed by atoms with Crippen molar-refractivity contribution < 1.29 is 32.3 Å². The molecule has 1 aromatic heterocycles. The zero-order valence-corrected chi connectivity index (χ0v) is 27.6. The first-order chi connectivity index (χ1) is 23.2. The van der Waals surface area contributed by atoms with Crippen LogP contribution in [-0.4, -0.2) is 61.7 Å². The number of methoxy groups -OCH3 is 1. The number of benzene rings is 2. The van der Waals surface area contributed by atoms with E-state index >= 15 is 0 Å². The quantitative estimate of drug-likeness (QED) is 0.318. The van der Waals surface area contributed by atoms with E-state index in [-0.39, 0.29) is 18.2 Å². The molecule has 252 valence electrons. The molecule has 11 nitrogen and oxygen atoms in total. The summed E-state index contributed by atoms with van der Waals surface area (Å²) in [5.74, 6) is -1.99. The van der Waals surface area contributed by atoms with E-state index in [4.69, 9.17) is 14.5 Å². The summed E-state index contributed by atoms with van der Waals surface area (Å²) in [4.78, 5) is 46.0. The summed E-state index contributed by atoms with van der Waals surface area (Å²) in [5.41, 5.74) is 0.913. The molecule has 0 spiro atoms. The second-order valence-corrected chi connectivity index (χ2v) is 15.3. The molecule has 3 amide bonds. The highest BCUT2D eigenvalue weighted by molar-refractivity contribution is 7.91. The number of sulfonamides is 1. The predicted molar refractivity (Wildman–Crippen MR) is 179 cm³/mol. The van der Waals surface area contributed by atoms with Gasteiger partial charge in [-0.3, -0.25) is 19.1 Å². The van der Waals surface area contributed by atoms with Gasteiger partial charge in [0.2, 0.25) is 21.8 Å². The molecule has 3 fully saturated rings. The maximum absolute atomic E-state index is 14.1. The number of aromatic nitrogens is 1.